The minimum Gasteiger partial charge on any atom is -0.331 e. The van der Waals surface area contributed by atoms with E-state index in [0.29, 0.717) is 23.4 Å². The van der Waals surface area contributed by atoms with Gasteiger partial charge >= 0.3 is 0 Å². The second-order valence-electron chi connectivity index (χ2n) is 6.93. The molecule has 0 unspecified atom stereocenters. The predicted octanol–water partition coefficient (Wildman–Crippen LogP) is 1.74. The van der Waals surface area contributed by atoms with E-state index in [1.54, 1.807) is 28.0 Å². The summed E-state index contributed by atoms with van der Waals surface area (Å²) in [5.41, 5.74) is 4.44. The Labute approximate surface area is 160 Å². The van der Waals surface area contributed by atoms with Crippen molar-refractivity contribution in [1.29, 1.82) is 0 Å². The van der Waals surface area contributed by atoms with Crippen molar-refractivity contribution in [2.45, 2.75) is 26.6 Å². The molecule has 1 N–H and O–H groups in total. The Morgan fingerprint density at radius 3 is 2.75 bits per heavy atom. The van der Waals surface area contributed by atoms with Crippen LogP contribution < -0.4 is 5.56 Å². The molecule has 1 aliphatic heterocycles. The highest BCUT2D eigenvalue weighted by molar-refractivity contribution is 5.80. The van der Waals surface area contributed by atoms with E-state index in [1.165, 1.54) is 4.52 Å². The molecule has 1 amide bonds. The van der Waals surface area contributed by atoms with Gasteiger partial charge in [0.05, 0.1) is 24.3 Å². The fourth-order valence-electron chi connectivity index (χ4n) is 3.74. The van der Waals surface area contributed by atoms with Gasteiger partial charge in [-0.05, 0) is 18.6 Å². The Balaban J connectivity index is 1.54. The van der Waals surface area contributed by atoms with Crippen molar-refractivity contribution in [2.75, 3.05) is 0 Å². The summed E-state index contributed by atoms with van der Waals surface area (Å²) in [4.78, 5) is 32.0. The first-order valence-corrected chi connectivity index (χ1v) is 9.05. The second-order valence-corrected chi connectivity index (χ2v) is 6.93. The third kappa shape index (κ3) is 2.53. The van der Waals surface area contributed by atoms with Crippen LogP contribution in [0.25, 0.3) is 16.8 Å². The van der Waals surface area contributed by atoms with Crippen molar-refractivity contribution >= 4 is 11.6 Å². The molecule has 0 saturated heterocycles. The molecule has 0 atom stereocenters. The summed E-state index contributed by atoms with van der Waals surface area (Å²) in [5, 5.41) is 7.20. The van der Waals surface area contributed by atoms with Crippen molar-refractivity contribution in [2.24, 2.45) is 0 Å². The lowest BCUT2D eigenvalue weighted by Crippen LogP contribution is -2.30. The molecule has 1 aliphatic rings. The number of nitrogens with one attached hydrogen (secondary N) is 1. The predicted molar refractivity (Wildman–Crippen MR) is 102 cm³/mol. The fraction of sp³-hybridized carbons (Fsp3) is 0.200. The summed E-state index contributed by atoms with van der Waals surface area (Å²) in [7, 11) is 0. The van der Waals surface area contributed by atoms with E-state index in [0.717, 1.165) is 16.8 Å². The van der Waals surface area contributed by atoms with Gasteiger partial charge in [-0.3, -0.25) is 19.4 Å². The molecule has 8 heteroatoms. The van der Waals surface area contributed by atoms with Gasteiger partial charge in [0.15, 0.2) is 5.65 Å². The van der Waals surface area contributed by atoms with Crippen LogP contribution in [0.5, 0.6) is 0 Å². The SMILES string of the molecule is Cc1[nH]n2c(=O)c3c(nc2c1-c1ccccc1)CN(C(=O)Cn1cccn1)C3. The largest absolute Gasteiger partial charge is 0.331 e. The van der Waals surface area contributed by atoms with Gasteiger partial charge in [-0.15, -0.1) is 0 Å². The van der Waals surface area contributed by atoms with Crippen molar-refractivity contribution in [1.82, 2.24) is 29.3 Å². The molecule has 0 fully saturated rings. The number of hydrogen-bond acceptors (Lipinski definition) is 4. The first-order chi connectivity index (χ1) is 13.6. The van der Waals surface area contributed by atoms with Gasteiger partial charge in [0.2, 0.25) is 5.91 Å². The molecular formula is C20H18N6O2. The molecule has 3 aromatic heterocycles. The Morgan fingerprint density at radius 1 is 1.18 bits per heavy atom. The van der Waals surface area contributed by atoms with Crippen LogP contribution in [0, 0.1) is 6.92 Å². The molecule has 0 spiro atoms. The summed E-state index contributed by atoms with van der Waals surface area (Å²) >= 11 is 0. The summed E-state index contributed by atoms with van der Waals surface area (Å²) in [6, 6.07) is 11.6. The van der Waals surface area contributed by atoms with Crippen LogP contribution in [-0.4, -0.2) is 35.2 Å². The topological polar surface area (TPSA) is 88.3 Å². The van der Waals surface area contributed by atoms with Gasteiger partial charge < -0.3 is 4.90 Å². The number of rotatable bonds is 3. The van der Waals surface area contributed by atoms with Crippen LogP contribution in [0.4, 0.5) is 0 Å². The number of aromatic nitrogens is 5. The second kappa shape index (κ2) is 6.19. The van der Waals surface area contributed by atoms with E-state index in [4.69, 9.17) is 4.98 Å². The highest BCUT2D eigenvalue weighted by Gasteiger charge is 2.29. The minimum absolute atomic E-state index is 0.0887. The van der Waals surface area contributed by atoms with Crippen LogP contribution in [0.1, 0.15) is 17.0 Å². The van der Waals surface area contributed by atoms with Crippen LogP contribution in [0.2, 0.25) is 0 Å². The highest BCUT2D eigenvalue weighted by atomic mass is 16.2. The molecule has 5 rings (SSSR count). The molecular weight excluding hydrogens is 356 g/mol. The summed E-state index contributed by atoms with van der Waals surface area (Å²) < 4.78 is 3.06. The number of nitrogens with zero attached hydrogens (tertiary/aromatic N) is 5. The van der Waals surface area contributed by atoms with Gasteiger partial charge in [-0.1, -0.05) is 30.3 Å². The number of aryl methyl sites for hydroxylation is 1. The molecule has 28 heavy (non-hydrogen) atoms. The van der Waals surface area contributed by atoms with E-state index in [9.17, 15) is 9.59 Å². The first kappa shape index (κ1) is 16.5. The van der Waals surface area contributed by atoms with Gasteiger partial charge in [-0.25, -0.2) is 9.50 Å². The third-order valence-electron chi connectivity index (χ3n) is 5.10. The van der Waals surface area contributed by atoms with Gasteiger partial charge in [-0.2, -0.15) is 5.10 Å². The van der Waals surface area contributed by atoms with Crippen LogP contribution in [0.15, 0.2) is 53.6 Å². The van der Waals surface area contributed by atoms with Crippen LogP contribution in [-0.2, 0) is 24.4 Å². The van der Waals surface area contributed by atoms with E-state index >= 15 is 0 Å². The summed E-state index contributed by atoms with van der Waals surface area (Å²) in [5.74, 6) is -0.0887. The summed E-state index contributed by atoms with van der Waals surface area (Å²) in [6.45, 7) is 2.68. The zero-order valence-corrected chi connectivity index (χ0v) is 15.3. The molecule has 4 heterocycles. The van der Waals surface area contributed by atoms with Gasteiger partial charge in [0.25, 0.3) is 5.56 Å². The number of H-pyrrole nitrogens is 1. The molecule has 0 bridgehead atoms. The number of amides is 1. The Hall–Kier alpha value is -3.68. The van der Waals surface area contributed by atoms with Crippen LogP contribution in [0.3, 0.4) is 0 Å². The quantitative estimate of drug-likeness (QED) is 0.592. The highest BCUT2D eigenvalue weighted by Crippen LogP contribution is 2.28. The van der Waals surface area contributed by atoms with E-state index in [2.05, 4.69) is 10.2 Å². The minimum atomic E-state index is -0.153. The number of hydrogen-bond donors (Lipinski definition) is 1. The lowest BCUT2D eigenvalue weighted by molar-refractivity contribution is -0.132. The monoisotopic (exact) mass is 374 g/mol. The normalized spacial score (nSPS) is 13.2. The average molecular weight is 374 g/mol. The number of benzene rings is 1. The third-order valence-corrected chi connectivity index (χ3v) is 5.10. The Morgan fingerprint density at radius 2 is 2.00 bits per heavy atom. The van der Waals surface area contributed by atoms with Crippen molar-refractivity contribution in [3.05, 3.63) is 76.1 Å². The number of carbonyl (C=O) groups excluding carboxylic acids is 1. The molecule has 0 saturated carbocycles. The molecule has 140 valence electrons. The van der Waals surface area contributed by atoms with E-state index in [-0.39, 0.29) is 24.6 Å². The smallest absolute Gasteiger partial charge is 0.278 e. The van der Waals surface area contributed by atoms with E-state index in [1.807, 2.05) is 37.3 Å². The lowest BCUT2D eigenvalue weighted by atomic mass is 10.1. The van der Waals surface area contributed by atoms with E-state index < -0.39 is 0 Å². The molecule has 0 radical (unpaired) electrons. The standard InChI is InChI=1S/C20H18N6O2/c1-13-18(14-6-3-2-4-7-14)19-22-16-11-24(10-15(16)20(28)26(19)23-13)17(27)12-25-9-5-8-21-25/h2-9,23H,10-12H2,1H3. The zero-order valence-electron chi connectivity index (χ0n) is 15.3. The maximum Gasteiger partial charge on any atom is 0.278 e. The molecule has 1 aromatic carbocycles. The Bertz CT molecular complexity index is 1240. The number of fused-ring (bicyclic) bond motifs is 2. The summed E-state index contributed by atoms with van der Waals surface area (Å²) in [6.07, 6.45) is 3.38. The zero-order chi connectivity index (χ0) is 19.3. The molecule has 0 aliphatic carbocycles. The number of carbonyl (C=O) groups is 1. The molecule has 4 aromatic rings. The Kier molecular flexibility index (Phi) is 3.65. The first-order valence-electron chi connectivity index (χ1n) is 9.05. The van der Waals surface area contributed by atoms with Crippen molar-refractivity contribution in [3.63, 3.8) is 0 Å². The molecule has 8 nitrogen and oxygen atoms in total. The number of aromatic amines is 1. The maximum atomic E-state index is 13.0. The van der Waals surface area contributed by atoms with Crippen molar-refractivity contribution in [3.8, 4) is 11.1 Å². The maximum absolute atomic E-state index is 13.0. The van der Waals surface area contributed by atoms with Gasteiger partial charge in [0, 0.05) is 23.7 Å². The lowest BCUT2D eigenvalue weighted by Gasteiger charge is -2.14. The average Bonchev–Trinajstić information content (AvgIpc) is 3.41. The van der Waals surface area contributed by atoms with Crippen LogP contribution >= 0.6 is 0 Å². The van der Waals surface area contributed by atoms with Crippen molar-refractivity contribution < 1.29 is 4.79 Å². The fourth-order valence-corrected chi connectivity index (χ4v) is 3.74. The van der Waals surface area contributed by atoms with Gasteiger partial charge in [0.1, 0.15) is 6.54 Å².